The van der Waals surface area contributed by atoms with Crippen LogP contribution in [0, 0.1) is 13.8 Å². The van der Waals surface area contributed by atoms with Crippen LogP contribution in [0.15, 0.2) is 66.9 Å². The summed E-state index contributed by atoms with van der Waals surface area (Å²) in [4.78, 5) is 25.7. The Morgan fingerprint density at radius 1 is 0.909 bits per heavy atom. The Bertz CT molecular complexity index is 1270. The largest absolute Gasteiger partial charge is 0.321 e. The van der Waals surface area contributed by atoms with Crippen molar-refractivity contribution in [2.24, 2.45) is 0 Å². The lowest BCUT2D eigenvalue weighted by Crippen LogP contribution is -2.18. The van der Waals surface area contributed by atoms with Crippen molar-refractivity contribution < 1.29 is 9.59 Å². The number of benzene rings is 2. The van der Waals surface area contributed by atoms with E-state index in [0.29, 0.717) is 30.0 Å². The van der Waals surface area contributed by atoms with Gasteiger partial charge in [-0.05, 0) is 56.7 Å². The van der Waals surface area contributed by atoms with Gasteiger partial charge in [0.1, 0.15) is 0 Å². The molecule has 0 aliphatic carbocycles. The molecule has 0 unspecified atom stereocenters. The highest BCUT2D eigenvalue weighted by Gasteiger charge is 2.19. The molecule has 0 atom stereocenters. The number of hydrogen-bond acceptors (Lipinski definition) is 4. The van der Waals surface area contributed by atoms with Gasteiger partial charge in [0, 0.05) is 29.7 Å². The molecule has 4 rings (SSSR count). The van der Waals surface area contributed by atoms with Gasteiger partial charge < -0.3 is 10.6 Å². The molecule has 0 aliphatic heterocycles. The summed E-state index contributed by atoms with van der Waals surface area (Å²) in [5.41, 5.74) is 4.78. The smallest absolute Gasteiger partial charge is 0.278 e. The molecule has 2 N–H and O–H groups in total. The van der Waals surface area contributed by atoms with E-state index in [0.717, 1.165) is 17.0 Å². The molecule has 2 aromatic carbocycles. The van der Waals surface area contributed by atoms with E-state index in [1.807, 2.05) is 61.9 Å². The summed E-state index contributed by atoms with van der Waals surface area (Å²) in [5, 5.41) is 14.4. The van der Waals surface area contributed by atoms with Crippen LogP contribution in [0.4, 0.5) is 11.4 Å². The molecule has 0 bridgehead atoms. The third-order valence-electron chi connectivity index (χ3n) is 5.23. The first-order valence-corrected chi connectivity index (χ1v) is 10.8. The molecule has 0 fully saturated rings. The Labute approximate surface area is 192 Å². The van der Waals surface area contributed by atoms with Crippen molar-refractivity contribution in [3.63, 3.8) is 0 Å². The van der Waals surface area contributed by atoms with Gasteiger partial charge in [-0.25, -0.2) is 0 Å². The van der Waals surface area contributed by atoms with Crippen LogP contribution in [0.3, 0.4) is 0 Å². The summed E-state index contributed by atoms with van der Waals surface area (Å²) in [6.07, 6.45) is 1.66. The Kier molecular flexibility index (Phi) is 6.35. The minimum atomic E-state index is -0.385. The molecule has 4 aromatic rings. The van der Waals surface area contributed by atoms with Gasteiger partial charge in [-0.1, -0.05) is 30.3 Å². The fourth-order valence-electron chi connectivity index (χ4n) is 3.52. The lowest BCUT2D eigenvalue weighted by molar-refractivity contribution is 0.102. The van der Waals surface area contributed by atoms with Crippen molar-refractivity contribution in [3.8, 4) is 0 Å². The van der Waals surface area contributed by atoms with Gasteiger partial charge in [0.2, 0.25) is 0 Å². The maximum Gasteiger partial charge on any atom is 0.278 e. The Balaban J connectivity index is 1.48. The molecule has 2 amide bonds. The predicted molar refractivity (Wildman–Crippen MR) is 127 cm³/mol. The maximum absolute atomic E-state index is 12.9. The molecule has 0 saturated heterocycles. The quantitative estimate of drug-likeness (QED) is 0.447. The fraction of sp³-hybridized carbons (Fsp3) is 0.200. The zero-order valence-electron chi connectivity index (χ0n) is 18.9. The Morgan fingerprint density at radius 2 is 1.64 bits per heavy atom. The van der Waals surface area contributed by atoms with Gasteiger partial charge in [-0.15, -0.1) is 0 Å². The second-order valence-electron chi connectivity index (χ2n) is 7.80. The molecule has 2 aromatic heterocycles. The van der Waals surface area contributed by atoms with Crippen molar-refractivity contribution in [3.05, 3.63) is 95.1 Å². The molecule has 168 valence electrons. The lowest BCUT2D eigenvalue weighted by atomic mass is 10.1. The molecule has 0 aliphatic rings. The van der Waals surface area contributed by atoms with Crippen molar-refractivity contribution in [2.75, 3.05) is 10.6 Å². The number of anilines is 2. The van der Waals surface area contributed by atoms with Gasteiger partial charge in [-0.3, -0.25) is 19.0 Å². The molecule has 8 heteroatoms. The number of para-hydroxylation sites is 1. The van der Waals surface area contributed by atoms with Gasteiger partial charge in [-0.2, -0.15) is 10.2 Å². The predicted octanol–water partition coefficient (Wildman–Crippen LogP) is 4.27. The van der Waals surface area contributed by atoms with Crippen LogP contribution in [-0.4, -0.2) is 31.4 Å². The zero-order chi connectivity index (χ0) is 23.4. The van der Waals surface area contributed by atoms with Crippen LogP contribution in [0.1, 0.15) is 44.7 Å². The molecule has 0 radical (unpaired) electrons. The van der Waals surface area contributed by atoms with E-state index in [1.54, 1.807) is 35.1 Å². The van der Waals surface area contributed by atoms with Crippen LogP contribution in [-0.2, 0) is 13.1 Å². The number of rotatable bonds is 7. The third kappa shape index (κ3) is 5.17. The minimum absolute atomic E-state index is 0.162. The second kappa shape index (κ2) is 9.52. The molecular weight excluding hydrogens is 416 g/mol. The molecule has 2 heterocycles. The normalized spacial score (nSPS) is 10.8. The van der Waals surface area contributed by atoms with E-state index < -0.39 is 0 Å². The van der Waals surface area contributed by atoms with Gasteiger partial charge in [0.15, 0.2) is 5.69 Å². The number of hydrogen-bond donors (Lipinski definition) is 2. The highest BCUT2D eigenvalue weighted by molar-refractivity contribution is 6.11. The first-order chi connectivity index (χ1) is 15.9. The Hall–Kier alpha value is -4.20. The second-order valence-corrected chi connectivity index (χ2v) is 7.80. The first-order valence-electron chi connectivity index (χ1n) is 10.8. The van der Waals surface area contributed by atoms with Crippen molar-refractivity contribution in [2.45, 2.75) is 33.9 Å². The van der Waals surface area contributed by atoms with Crippen molar-refractivity contribution in [1.29, 1.82) is 0 Å². The van der Waals surface area contributed by atoms with Crippen LogP contribution < -0.4 is 10.6 Å². The number of carbonyl (C=O) groups is 2. The average molecular weight is 443 g/mol. The van der Waals surface area contributed by atoms with E-state index in [-0.39, 0.29) is 17.5 Å². The third-order valence-corrected chi connectivity index (χ3v) is 5.23. The average Bonchev–Trinajstić information content (AvgIpc) is 3.36. The number of aromatic nitrogens is 4. The standard InChI is InChI=1S/C25H26N6O2/c1-4-30-16-22(23(29-30)25(33)26-21-8-6-5-7-9-21)27-24(32)20-12-10-19(11-13-20)15-31-18(3)14-17(2)28-31/h5-14,16H,4,15H2,1-3H3,(H,26,33)(H,27,32). The number of carbonyl (C=O) groups excluding carboxylic acids is 2. The summed E-state index contributed by atoms with van der Waals surface area (Å²) < 4.78 is 3.55. The number of nitrogens with one attached hydrogen (secondary N) is 2. The van der Waals surface area contributed by atoms with Crippen molar-refractivity contribution >= 4 is 23.2 Å². The molecule has 0 saturated carbocycles. The fourth-order valence-corrected chi connectivity index (χ4v) is 3.52. The molecular formula is C25H26N6O2. The summed E-state index contributed by atoms with van der Waals surface area (Å²) in [5.74, 6) is -0.694. The summed E-state index contributed by atoms with van der Waals surface area (Å²) in [6.45, 7) is 7.10. The van der Waals surface area contributed by atoms with Crippen molar-refractivity contribution in [1.82, 2.24) is 19.6 Å². The number of amides is 2. The van der Waals surface area contributed by atoms with Crippen LogP contribution in [0.25, 0.3) is 0 Å². The monoisotopic (exact) mass is 442 g/mol. The summed E-state index contributed by atoms with van der Waals surface area (Å²) in [7, 11) is 0. The molecule has 33 heavy (non-hydrogen) atoms. The van der Waals surface area contributed by atoms with Crippen LogP contribution in [0.2, 0.25) is 0 Å². The molecule has 0 spiro atoms. The topological polar surface area (TPSA) is 93.8 Å². The summed E-state index contributed by atoms with van der Waals surface area (Å²) >= 11 is 0. The zero-order valence-corrected chi connectivity index (χ0v) is 18.9. The highest BCUT2D eigenvalue weighted by Crippen LogP contribution is 2.18. The first kappa shape index (κ1) is 22.0. The lowest BCUT2D eigenvalue weighted by Gasteiger charge is -2.08. The van der Waals surface area contributed by atoms with E-state index in [4.69, 9.17) is 0 Å². The van der Waals surface area contributed by atoms with Crippen LogP contribution in [0.5, 0.6) is 0 Å². The minimum Gasteiger partial charge on any atom is -0.321 e. The van der Waals surface area contributed by atoms with E-state index in [2.05, 4.69) is 20.8 Å². The van der Waals surface area contributed by atoms with Gasteiger partial charge in [0.05, 0.1) is 17.9 Å². The van der Waals surface area contributed by atoms with Gasteiger partial charge in [0.25, 0.3) is 11.8 Å². The van der Waals surface area contributed by atoms with Gasteiger partial charge >= 0.3 is 0 Å². The number of nitrogens with zero attached hydrogens (tertiary/aromatic N) is 4. The maximum atomic E-state index is 12.9. The van der Waals surface area contributed by atoms with E-state index in [1.165, 1.54) is 0 Å². The highest BCUT2D eigenvalue weighted by atomic mass is 16.2. The van der Waals surface area contributed by atoms with E-state index in [9.17, 15) is 9.59 Å². The SMILES string of the molecule is CCn1cc(NC(=O)c2ccc(Cn3nc(C)cc3C)cc2)c(C(=O)Nc2ccccc2)n1. The number of aryl methyl sites for hydroxylation is 3. The molecule has 8 nitrogen and oxygen atoms in total. The van der Waals surface area contributed by atoms with E-state index >= 15 is 0 Å². The Morgan fingerprint density at radius 3 is 2.27 bits per heavy atom. The van der Waals surface area contributed by atoms with Crippen LogP contribution >= 0.6 is 0 Å². The summed E-state index contributed by atoms with van der Waals surface area (Å²) in [6, 6.07) is 18.5.